The molecule has 0 atom stereocenters. The van der Waals surface area contributed by atoms with Crippen molar-refractivity contribution in [3.05, 3.63) is 81.9 Å². The van der Waals surface area contributed by atoms with E-state index in [0.29, 0.717) is 18.0 Å². The Morgan fingerprint density at radius 1 is 1.08 bits per heavy atom. The highest BCUT2D eigenvalue weighted by Gasteiger charge is 2.33. The average molecular weight is 528 g/mol. The molecule has 3 aromatic heterocycles. The fourth-order valence-corrected chi connectivity index (χ4v) is 7.27. The van der Waals surface area contributed by atoms with Crippen LogP contribution in [-0.2, 0) is 4.79 Å². The number of nitrogens with zero attached hydrogens (tertiary/aromatic N) is 3. The Morgan fingerprint density at radius 2 is 1.86 bits per heavy atom. The highest BCUT2D eigenvalue weighted by molar-refractivity contribution is 7.98. The number of carboxylic acids is 1. The first-order chi connectivity index (χ1) is 17.5. The number of hydrogen-bond donors (Lipinski definition) is 1. The Morgan fingerprint density at radius 3 is 2.61 bits per heavy atom. The van der Waals surface area contributed by atoms with Gasteiger partial charge in [0.15, 0.2) is 0 Å². The minimum atomic E-state index is -0.741. The first-order valence-corrected chi connectivity index (χ1v) is 14.0. The van der Waals surface area contributed by atoms with Crippen molar-refractivity contribution in [3.8, 4) is 28.5 Å². The molecule has 4 heterocycles. The van der Waals surface area contributed by atoms with Gasteiger partial charge in [-0.15, -0.1) is 22.7 Å². The van der Waals surface area contributed by atoms with Crippen molar-refractivity contribution in [2.45, 2.75) is 11.8 Å². The standard InChI is InChI=1S/C28H21N3O2S3/c1-17-5-7-21(8-6-17)36-31-23-10-12-35-27(23)25(22-9-11-34-24(22)14-29)26(31)18-3-2-4-20(13-18)30-15-19(16-30)28(32)33/h2-13,19H,15-16H2,1H3,(H,32,33). The van der Waals surface area contributed by atoms with Gasteiger partial charge in [-0.05, 0) is 66.0 Å². The van der Waals surface area contributed by atoms with Gasteiger partial charge >= 0.3 is 5.97 Å². The van der Waals surface area contributed by atoms with Gasteiger partial charge in [0.1, 0.15) is 10.9 Å². The van der Waals surface area contributed by atoms with E-state index in [2.05, 4.69) is 69.7 Å². The van der Waals surface area contributed by atoms with E-state index >= 15 is 0 Å². The summed E-state index contributed by atoms with van der Waals surface area (Å²) in [6.07, 6.45) is 0. The number of aryl methyl sites for hydroxylation is 1. The van der Waals surface area contributed by atoms with Crippen molar-refractivity contribution < 1.29 is 9.90 Å². The molecule has 8 heteroatoms. The van der Waals surface area contributed by atoms with Crippen molar-refractivity contribution in [2.75, 3.05) is 18.0 Å². The quantitative estimate of drug-likeness (QED) is 0.250. The Kier molecular flexibility index (Phi) is 5.84. The first kappa shape index (κ1) is 22.9. The zero-order valence-corrected chi connectivity index (χ0v) is 21.8. The van der Waals surface area contributed by atoms with E-state index in [-0.39, 0.29) is 5.92 Å². The molecule has 2 aromatic carbocycles. The van der Waals surface area contributed by atoms with E-state index < -0.39 is 5.97 Å². The van der Waals surface area contributed by atoms with E-state index in [1.54, 1.807) is 23.3 Å². The first-order valence-electron chi connectivity index (χ1n) is 11.5. The van der Waals surface area contributed by atoms with Crippen LogP contribution in [0.15, 0.2) is 76.3 Å². The zero-order chi connectivity index (χ0) is 24.8. The second kappa shape index (κ2) is 9.17. The number of anilines is 1. The number of carboxylic acid groups (broad SMARTS) is 1. The van der Waals surface area contributed by atoms with Crippen LogP contribution in [0.5, 0.6) is 0 Å². The van der Waals surface area contributed by atoms with E-state index in [9.17, 15) is 15.2 Å². The smallest absolute Gasteiger partial charge is 0.310 e. The van der Waals surface area contributed by atoms with Crippen LogP contribution in [0.1, 0.15) is 10.4 Å². The number of fused-ring (bicyclic) bond motifs is 1. The molecule has 0 saturated carbocycles. The molecule has 36 heavy (non-hydrogen) atoms. The summed E-state index contributed by atoms with van der Waals surface area (Å²) >= 11 is 4.82. The van der Waals surface area contributed by atoms with Gasteiger partial charge in [-0.3, -0.25) is 8.77 Å². The summed E-state index contributed by atoms with van der Waals surface area (Å²) in [5, 5.41) is 23.2. The van der Waals surface area contributed by atoms with Crippen molar-refractivity contribution in [1.82, 2.24) is 3.97 Å². The molecule has 178 valence electrons. The number of hydrogen-bond acceptors (Lipinski definition) is 6. The van der Waals surface area contributed by atoms with Crippen LogP contribution < -0.4 is 4.90 Å². The lowest BCUT2D eigenvalue weighted by Crippen LogP contribution is -2.50. The Bertz CT molecular complexity index is 1630. The fraction of sp³-hybridized carbons (Fsp3) is 0.143. The predicted molar refractivity (Wildman–Crippen MR) is 149 cm³/mol. The molecule has 0 aliphatic carbocycles. The van der Waals surface area contributed by atoms with Crippen LogP contribution in [0, 0.1) is 24.2 Å². The summed E-state index contributed by atoms with van der Waals surface area (Å²) in [6, 6.07) is 23.4. The number of carbonyl (C=O) groups is 1. The number of aromatic nitrogens is 1. The van der Waals surface area contributed by atoms with Gasteiger partial charge in [0.25, 0.3) is 0 Å². The van der Waals surface area contributed by atoms with Crippen LogP contribution >= 0.6 is 34.6 Å². The van der Waals surface area contributed by atoms with Crippen LogP contribution in [0.3, 0.4) is 0 Å². The normalized spacial score (nSPS) is 13.6. The van der Waals surface area contributed by atoms with Gasteiger partial charge in [-0.25, -0.2) is 0 Å². The van der Waals surface area contributed by atoms with E-state index in [1.165, 1.54) is 16.9 Å². The van der Waals surface area contributed by atoms with Gasteiger partial charge in [-0.2, -0.15) is 5.26 Å². The molecule has 0 amide bonds. The summed E-state index contributed by atoms with van der Waals surface area (Å²) in [6.45, 7) is 3.12. The lowest BCUT2D eigenvalue weighted by Gasteiger charge is -2.38. The largest absolute Gasteiger partial charge is 0.481 e. The van der Waals surface area contributed by atoms with Crippen LogP contribution in [-0.4, -0.2) is 28.1 Å². The maximum Gasteiger partial charge on any atom is 0.310 e. The van der Waals surface area contributed by atoms with Crippen molar-refractivity contribution in [2.24, 2.45) is 5.92 Å². The van der Waals surface area contributed by atoms with Crippen molar-refractivity contribution >= 4 is 56.5 Å². The zero-order valence-electron chi connectivity index (χ0n) is 19.3. The summed E-state index contributed by atoms with van der Waals surface area (Å²) in [5.41, 5.74) is 7.46. The molecule has 1 saturated heterocycles. The van der Waals surface area contributed by atoms with Crippen LogP contribution in [0.25, 0.3) is 32.6 Å². The van der Waals surface area contributed by atoms with Crippen molar-refractivity contribution in [3.63, 3.8) is 0 Å². The Labute approximate surface area is 221 Å². The lowest BCUT2D eigenvalue weighted by atomic mass is 9.97. The monoisotopic (exact) mass is 527 g/mol. The molecular weight excluding hydrogens is 507 g/mol. The molecule has 1 aliphatic heterocycles. The third kappa shape index (κ3) is 3.90. The molecule has 1 fully saturated rings. The van der Waals surface area contributed by atoms with E-state index in [4.69, 9.17) is 0 Å². The third-order valence-corrected chi connectivity index (χ3v) is 9.28. The predicted octanol–water partition coefficient (Wildman–Crippen LogP) is 7.35. The van der Waals surface area contributed by atoms with Gasteiger partial charge < -0.3 is 10.0 Å². The fourth-order valence-electron chi connectivity index (χ4n) is 4.58. The molecule has 5 nitrogen and oxygen atoms in total. The third-order valence-electron chi connectivity index (χ3n) is 6.50. The number of thiophene rings is 2. The van der Waals surface area contributed by atoms with Gasteiger partial charge in [0.2, 0.25) is 0 Å². The highest BCUT2D eigenvalue weighted by Crippen LogP contribution is 2.48. The summed E-state index contributed by atoms with van der Waals surface area (Å²) in [7, 11) is 0. The number of rotatable bonds is 6. The summed E-state index contributed by atoms with van der Waals surface area (Å²) in [5.74, 6) is -1.06. The molecule has 0 radical (unpaired) electrons. The minimum absolute atomic E-state index is 0.320. The van der Waals surface area contributed by atoms with Crippen LogP contribution in [0.2, 0.25) is 0 Å². The molecule has 6 rings (SSSR count). The number of nitriles is 1. The van der Waals surface area contributed by atoms with Crippen LogP contribution in [0.4, 0.5) is 5.69 Å². The maximum atomic E-state index is 11.3. The molecule has 5 aromatic rings. The Hall–Kier alpha value is -3.51. The lowest BCUT2D eigenvalue weighted by molar-refractivity contribution is -0.142. The second-order valence-corrected chi connectivity index (χ2v) is 11.7. The minimum Gasteiger partial charge on any atom is -0.481 e. The van der Waals surface area contributed by atoms with Gasteiger partial charge in [0, 0.05) is 40.4 Å². The van der Waals surface area contributed by atoms with Gasteiger partial charge in [-0.1, -0.05) is 29.8 Å². The molecule has 1 N–H and O–H groups in total. The Balaban J connectivity index is 1.54. The van der Waals surface area contributed by atoms with E-state index in [1.807, 2.05) is 23.6 Å². The molecule has 1 aliphatic rings. The molecule has 0 unspecified atom stereocenters. The summed E-state index contributed by atoms with van der Waals surface area (Å²) < 4.78 is 3.43. The van der Waals surface area contributed by atoms with Crippen molar-refractivity contribution in [1.29, 1.82) is 5.26 Å². The molecule has 0 bridgehead atoms. The topological polar surface area (TPSA) is 69.3 Å². The highest BCUT2D eigenvalue weighted by atomic mass is 32.2. The SMILES string of the molecule is Cc1ccc(Sn2c(-c3cccc(N4CC(C(=O)O)C4)c3)c(-c3ccsc3C#N)c3sccc32)cc1. The van der Waals surface area contributed by atoms with E-state index in [0.717, 1.165) is 43.2 Å². The maximum absolute atomic E-state index is 11.3. The molecule has 0 spiro atoms. The number of aliphatic carboxylic acids is 1. The molecular formula is C28H21N3O2S3. The van der Waals surface area contributed by atoms with Gasteiger partial charge in [0.05, 0.1) is 21.8 Å². The number of benzene rings is 2. The average Bonchev–Trinajstić information content (AvgIpc) is 3.56. The second-order valence-electron chi connectivity index (χ2n) is 8.82. The summed E-state index contributed by atoms with van der Waals surface area (Å²) in [4.78, 5) is 15.3.